The number of benzene rings is 3. The van der Waals surface area contributed by atoms with Crippen molar-refractivity contribution in [1.29, 1.82) is 0 Å². The van der Waals surface area contributed by atoms with Crippen molar-refractivity contribution in [3.63, 3.8) is 0 Å². The van der Waals surface area contributed by atoms with Crippen LogP contribution in [0.25, 0.3) is 5.69 Å². The highest BCUT2D eigenvalue weighted by molar-refractivity contribution is 6.31. The second kappa shape index (κ2) is 10.2. The Morgan fingerprint density at radius 3 is 2.44 bits per heavy atom. The largest absolute Gasteiger partial charge is 0.497 e. The number of methoxy groups -OCH3 is 1. The molecular formula is C26H22ClN3O4. The number of nitrogens with zero attached hydrogens (tertiary/aromatic N) is 2. The average molecular weight is 476 g/mol. The lowest BCUT2D eigenvalue weighted by Crippen LogP contribution is -2.21. The van der Waals surface area contributed by atoms with E-state index < -0.39 is 0 Å². The van der Waals surface area contributed by atoms with Crippen molar-refractivity contribution in [1.82, 2.24) is 9.78 Å². The topological polar surface area (TPSA) is 82.5 Å². The fourth-order valence-corrected chi connectivity index (χ4v) is 3.40. The van der Waals surface area contributed by atoms with E-state index in [1.54, 1.807) is 49.6 Å². The van der Waals surface area contributed by atoms with Crippen molar-refractivity contribution >= 4 is 23.2 Å². The molecule has 1 heterocycles. The summed E-state index contributed by atoms with van der Waals surface area (Å²) in [6.45, 7) is 2.13. The molecule has 1 aromatic heterocycles. The number of hydrogen-bond donors (Lipinski definition) is 1. The molecule has 0 bridgehead atoms. The van der Waals surface area contributed by atoms with Gasteiger partial charge in [0.25, 0.3) is 11.5 Å². The Morgan fingerprint density at radius 2 is 1.74 bits per heavy atom. The van der Waals surface area contributed by atoms with Crippen LogP contribution in [0, 0.1) is 6.92 Å². The zero-order valence-corrected chi connectivity index (χ0v) is 19.4. The van der Waals surface area contributed by atoms with Gasteiger partial charge in [0.2, 0.25) is 5.88 Å². The summed E-state index contributed by atoms with van der Waals surface area (Å²) in [5.41, 5.74) is 2.99. The first-order valence-corrected chi connectivity index (χ1v) is 10.9. The number of carbonyl (C=O) groups excluding carboxylic acids is 1. The van der Waals surface area contributed by atoms with E-state index in [1.807, 2.05) is 31.2 Å². The quantitative estimate of drug-likeness (QED) is 0.405. The minimum atomic E-state index is -0.316. The van der Waals surface area contributed by atoms with Gasteiger partial charge in [0.15, 0.2) is 0 Å². The summed E-state index contributed by atoms with van der Waals surface area (Å²) in [4.78, 5) is 25.0. The number of nitrogens with one attached hydrogen (secondary N) is 1. The van der Waals surface area contributed by atoms with Crippen LogP contribution in [-0.4, -0.2) is 22.8 Å². The summed E-state index contributed by atoms with van der Waals surface area (Å²) in [6.07, 6.45) is 0. The fraction of sp³-hybridized carbons (Fsp3) is 0.115. The first kappa shape index (κ1) is 23.1. The SMILES string of the molecule is COc1ccc(COc2ccc(=O)n(-c3ccc(C(=O)Nc4cccc(Cl)c4C)cc3)n2)cc1. The zero-order chi connectivity index (χ0) is 24.1. The third-order valence-corrected chi connectivity index (χ3v) is 5.62. The van der Waals surface area contributed by atoms with Crippen LogP contribution >= 0.6 is 11.6 Å². The fourth-order valence-electron chi connectivity index (χ4n) is 3.23. The van der Waals surface area contributed by atoms with E-state index >= 15 is 0 Å². The van der Waals surface area contributed by atoms with Gasteiger partial charge >= 0.3 is 0 Å². The van der Waals surface area contributed by atoms with Gasteiger partial charge in [-0.2, -0.15) is 4.68 Å². The van der Waals surface area contributed by atoms with Crippen molar-refractivity contribution in [3.05, 3.63) is 111 Å². The summed E-state index contributed by atoms with van der Waals surface area (Å²) in [5.74, 6) is 0.776. The van der Waals surface area contributed by atoms with Crippen LogP contribution in [0.2, 0.25) is 5.02 Å². The minimum absolute atomic E-state index is 0.284. The third kappa shape index (κ3) is 5.27. The molecule has 0 saturated carbocycles. The maximum Gasteiger partial charge on any atom is 0.271 e. The Bertz CT molecular complexity index is 1370. The first-order chi connectivity index (χ1) is 16.4. The molecule has 8 heteroatoms. The minimum Gasteiger partial charge on any atom is -0.497 e. The third-order valence-electron chi connectivity index (χ3n) is 5.21. The Hall–Kier alpha value is -4.10. The molecule has 0 spiro atoms. The van der Waals surface area contributed by atoms with Crippen molar-refractivity contribution in [2.24, 2.45) is 0 Å². The molecule has 7 nitrogen and oxygen atoms in total. The molecule has 0 aliphatic heterocycles. The molecule has 0 fully saturated rings. The molecule has 0 radical (unpaired) electrons. The number of anilines is 1. The van der Waals surface area contributed by atoms with Crippen molar-refractivity contribution in [3.8, 4) is 17.3 Å². The zero-order valence-electron chi connectivity index (χ0n) is 18.6. The Kier molecular flexibility index (Phi) is 6.94. The van der Waals surface area contributed by atoms with Crippen LogP contribution in [0.4, 0.5) is 5.69 Å². The monoisotopic (exact) mass is 475 g/mol. The van der Waals surface area contributed by atoms with Gasteiger partial charge in [-0.25, -0.2) is 0 Å². The molecule has 1 amide bonds. The standard InChI is InChI=1S/C26H22ClN3O4/c1-17-22(27)4-3-5-23(17)28-26(32)19-8-10-20(11-9-19)30-25(31)15-14-24(29-30)34-16-18-6-12-21(33-2)13-7-18/h3-15H,16H2,1-2H3,(H,28,32). The lowest BCUT2D eigenvalue weighted by atomic mass is 10.1. The molecule has 3 aromatic carbocycles. The predicted octanol–water partition coefficient (Wildman–Crippen LogP) is 5.03. The Labute approximate surface area is 201 Å². The van der Waals surface area contributed by atoms with E-state index in [0.717, 1.165) is 16.9 Å². The summed E-state index contributed by atoms with van der Waals surface area (Å²) in [6, 6.07) is 22.3. The lowest BCUT2D eigenvalue weighted by molar-refractivity contribution is 0.102. The first-order valence-electron chi connectivity index (χ1n) is 10.5. The normalized spacial score (nSPS) is 10.6. The molecule has 34 heavy (non-hydrogen) atoms. The maximum absolute atomic E-state index is 12.6. The van der Waals surface area contributed by atoms with Crippen LogP contribution < -0.4 is 20.3 Å². The molecule has 4 rings (SSSR count). The number of amides is 1. The van der Waals surface area contributed by atoms with Gasteiger partial charge in [-0.3, -0.25) is 9.59 Å². The molecular weight excluding hydrogens is 454 g/mol. The van der Waals surface area contributed by atoms with E-state index in [1.165, 1.54) is 16.8 Å². The van der Waals surface area contributed by atoms with Crippen molar-refractivity contribution < 1.29 is 14.3 Å². The number of carbonyl (C=O) groups is 1. The number of rotatable bonds is 7. The molecule has 1 N–H and O–H groups in total. The highest BCUT2D eigenvalue weighted by atomic mass is 35.5. The predicted molar refractivity (Wildman–Crippen MR) is 131 cm³/mol. The van der Waals surface area contributed by atoms with Gasteiger partial charge in [0.1, 0.15) is 12.4 Å². The molecule has 0 aliphatic carbocycles. The lowest BCUT2D eigenvalue weighted by Gasteiger charge is -2.11. The van der Waals surface area contributed by atoms with Gasteiger partial charge in [0, 0.05) is 28.4 Å². The van der Waals surface area contributed by atoms with Gasteiger partial charge in [-0.05, 0) is 66.6 Å². The van der Waals surface area contributed by atoms with Crippen LogP contribution in [0.1, 0.15) is 21.5 Å². The van der Waals surface area contributed by atoms with Crippen LogP contribution in [0.15, 0.2) is 83.7 Å². The highest BCUT2D eigenvalue weighted by Crippen LogP contribution is 2.23. The van der Waals surface area contributed by atoms with Gasteiger partial charge in [-0.1, -0.05) is 29.8 Å². The molecule has 172 valence electrons. The molecule has 0 atom stereocenters. The summed E-state index contributed by atoms with van der Waals surface area (Å²) in [5, 5.41) is 7.72. The highest BCUT2D eigenvalue weighted by Gasteiger charge is 2.11. The van der Waals surface area contributed by atoms with E-state index in [9.17, 15) is 9.59 Å². The molecule has 0 saturated heterocycles. The number of ether oxygens (including phenoxy) is 2. The molecule has 4 aromatic rings. The second-order valence-corrected chi connectivity index (χ2v) is 7.88. The van der Waals surface area contributed by atoms with E-state index in [0.29, 0.717) is 27.8 Å². The van der Waals surface area contributed by atoms with Gasteiger partial charge in [-0.15, -0.1) is 5.10 Å². The van der Waals surface area contributed by atoms with Gasteiger partial charge in [0.05, 0.1) is 12.8 Å². The van der Waals surface area contributed by atoms with Crippen LogP contribution in [0.3, 0.4) is 0 Å². The molecule has 0 unspecified atom stereocenters. The van der Waals surface area contributed by atoms with Crippen molar-refractivity contribution in [2.75, 3.05) is 12.4 Å². The summed E-state index contributed by atoms with van der Waals surface area (Å²) < 4.78 is 12.1. The van der Waals surface area contributed by atoms with Crippen LogP contribution in [-0.2, 0) is 6.61 Å². The number of aromatic nitrogens is 2. The number of hydrogen-bond acceptors (Lipinski definition) is 5. The Balaban J connectivity index is 1.47. The maximum atomic E-state index is 12.6. The molecule has 0 aliphatic rings. The van der Waals surface area contributed by atoms with Crippen LogP contribution in [0.5, 0.6) is 11.6 Å². The van der Waals surface area contributed by atoms with E-state index in [2.05, 4.69) is 10.4 Å². The smallest absolute Gasteiger partial charge is 0.271 e. The van der Waals surface area contributed by atoms with Crippen molar-refractivity contribution in [2.45, 2.75) is 13.5 Å². The van der Waals surface area contributed by atoms with Gasteiger partial charge < -0.3 is 14.8 Å². The number of halogens is 1. The van der Waals surface area contributed by atoms with E-state index in [-0.39, 0.29) is 18.1 Å². The summed E-state index contributed by atoms with van der Waals surface area (Å²) >= 11 is 6.12. The average Bonchev–Trinajstić information content (AvgIpc) is 2.86. The summed E-state index contributed by atoms with van der Waals surface area (Å²) in [7, 11) is 1.61. The second-order valence-electron chi connectivity index (χ2n) is 7.47. The van der Waals surface area contributed by atoms with E-state index in [4.69, 9.17) is 21.1 Å². The Morgan fingerprint density at radius 1 is 1.00 bits per heavy atom.